The summed E-state index contributed by atoms with van der Waals surface area (Å²) in [5.41, 5.74) is 1.40. The van der Waals surface area contributed by atoms with Crippen molar-refractivity contribution < 1.29 is 23.5 Å². The first-order valence-corrected chi connectivity index (χ1v) is 14.4. The Balaban J connectivity index is 0.000000360. The van der Waals surface area contributed by atoms with Crippen LogP contribution in [0.5, 0.6) is 5.75 Å². The average Bonchev–Trinajstić information content (AvgIpc) is 3.18. The van der Waals surface area contributed by atoms with Crippen LogP contribution in [0.2, 0.25) is 5.02 Å². The number of anilines is 1. The minimum atomic E-state index is -0.570. The summed E-state index contributed by atoms with van der Waals surface area (Å²) in [5, 5.41) is 3.62. The normalized spacial score (nSPS) is 16.7. The number of rotatable bonds is 11. The second kappa shape index (κ2) is 14.8. The van der Waals surface area contributed by atoms with Gasteiger partial charge in [-0.15, -0.1) is 0 Å². The van der Waals surface area contributed by atoms with Crippen molar-refractivity contribution in [2.75, 3.05) is 44.8 Å². The lowest BCUT2D eigenvalue weighted by atomic mass is 9.73. The smallest absolute Gasteiger partial charge is 0.235 e. The SMILES string of the molecule is CC(=O)c1ccc(OCCN2CCC3(CC2)C(=O)Nc2ccc(Cl)cc23)cc1F.CCCOCCC(C)CC. The minimum absolute atomic E-state index is 0.0479. The quantitative estimate of drug-likeness (QED) is 0.239. The Kier molecular flexibility index (Phi) is 11.8. The summed E-state index contributed by atoms with van der Waals surface area (Å²) in [4.78, 5) is 26.2. The highest BCUT2D eigenvalue weighted by Crippen LogP contribution is 2.45. The second-order valence-electron chi connectivity index (χ2n) is 10.5. The van der Waals surface area contributed by atoms with Gasteiger partial charge in [0.1, 0.15) is 18.2 Å². The van der Waals surface area contributed by atoms with Crippen LogP contribution in [0.4, 0.5) is 10.1 Å². The van der Waals surface area contributed by atoms with Crippen LogP contribution in [-0.2, 0) is 14.9 Å². The maximum absolute atomic E-state index is 13.9. The van der Waals surface area contributed by atoms with Crippen molar-refractivity contribution >= 4 is 29.0 Å². The van der Waals surface area contributed by atoms with Crippen LogP contribution >= 0.6 is 11.6 Å². The van der Waals surface area contributed by atoms with E-state index in [9.17, 15) is 14.0 Å². The first-order chi connectivity index (χ1) is 18.7. The molecule has 0 radical (unpaired) electrons. The number of amides is 1. The van der Waals surface area contributed by atoms with E-state index in [0.717, 1.165) is 49.9 Å². The number of ether oxygens (including phenoxy) is 2. The molecule has 214 valence electrons. The fourth-order valence-corrected chi connectivity index (χ4v) is 5.11. The van der Waals surface area contributed by atoms with Crippen molar-refractivity contribution in [2.45, 2.75) is 65.2 Å². The van der Waals surface area contributed by atoms with E-state index >= 15 is 0 Å². The summed E-state index contributed by atoms with van der Waals surface area (Å²) < 4.78 is 24.9. The molecule has 2 aromatic carbocycles. The Morgan fingerprint density at radius 3 is 2.51 bits per heavy atom. The van der Waals surface area contributed by atoms with Crippen molar-refractivity contribution in [2.24, 2.45) is 5.92 Å². The van der Waals surface area contributed by atoms with Gasteiger partial charge in [0.2, 0.25) is 5.91 Å². The van der Waals surface area contributed by atoms with Gasteiger partial charge >= 0.3 is 0 Å². The van der Waals surface area contributed by atoms with Gasteiger partial charge < -0.3 is 14.8 Å². The topological polar surface area (TPSA) is 67.9 Å². The summed E-state index contributed by atoms with van der Waals surface area (Å²) in [6.45, 7) is 12.5. The largest absolute Gasteiger partial charge is 0.492 e. The van der Waals surface area contributed by atoms with Gasteiger partial charge in [-0.2, -0.15) is 0 Å². The Bertz CT molecular complexity index is 1120. The number of benzene rings is 2. The zero-order valence-corrected chi connectivity index (χ0v) is 24.4. The number of Topliss-reactive ketones (excluding diaryl/α,β-unsaturated/α-hetero) is 1. The van der Waals surface area contributed by atoms with Crippen LogP contribution in [0.3, 0.4) is 0 Å². The standard InChI is InChI=1S/C22H22ClFN2O3.C9H20O/c1-14(27)17-4-3-16(13-19(17)24)29-11-10-26-8-6-22(7-9-26)18-12-15(23)2-5-20(18)25-21(22)28;1-4-7-10-8-6-9(3)5-2/h2-5,12-13H,6-11H2,1H3,(H,25,28);9H,4-8H2,1-3H3. The molecular weight excluding hydrogens is 519 g/mol. The van der Waals surface area contributed by atoms with E-state index < -0.39 is 11.2 Å². The fraction of sp³-hybridized carbons (Fsp3) is 0.548. The highest BCUT2D eigenvalue weighted by Gasteiger charge is 2.48. The molecule has 0 aliphatic carbocycles. The van der Waals surface area contributed by atoms with Gasteiger partial charge in [0.15, 0.2) is 5.78 Å². The number of halogens is 2. The van der Waals surface area contributed by atoms with Gasteiger partial charge in [-0.05, 0) is 87.5 Å². The number of nitrogens with zero attached hydrogens (tertiary/aromatic N) is 1. The Labute approximate surface area is 237 Å². The van der Waals surface area contributed by atoms with Gasteiger partial charge in [0.05, 0.1) is 11.0 Å². The predicted molar refractivity (Wildman–Crippen MR) is 155 cm³/mol. The van der Waals surface area contributed by atoms with Gasteiger partial charge in [0.25, 0.3) is 0 Å². The van der Waals surface area contributed by atoms with Crippen molar-refractivity contribution in [1.82, 2.24) is 4.90 Å². The zero-order valence-electron chi connectivity index (χ0n) is 23.7. The number of carbonyl (C=O) groups is 2. The summed E-state index contributed by atoms with van der Waals surface area (Å²) in [6, 6.07) is 9.84. The molecule has 0 bridgehead atoms. The summed E-state index contributed by atoms with van der Waals surface area (Å²) >= 11 is 6.16. The minimum Gasteiger partial charge on any atom is -0.492 e. The van der Waals surface area contributed by atoms with E-state index in [1.807, 2.05) is 12.1 Å². The van der Waals surface area contributed by atoms with Crippen LogP contribution in [-0.4, -0.2) is 56.0 Å². The Morgan fingerprint density at radius 1 is 1.13 bits per heavy atom. The van der Waals surface area contributed by atoms with Crippen molar-refractivity contribution in [3.05, 3.63) is 58.4 Å². The molecule has 4 rings (SSSR count). The molecule has 2 aliphatic heterocycles. The molecule has 8 heteroatoms. The van der Waals surface area contributed by atoms with Gasteiger partial charge in [-0.3, -0.25) is 14.5 Å². The molecule has 0 aromatic heterocycles. The third kappa shape index (κ3) is 8.26. The van der Waals surface area contributed by atoms with Crippen LogP contribution in [0.25, 0.3) is 0 Å². The molecule has 6 nitrogen and oxygen atoms in total. The number of piperidine rings is 1. The average molecular weight is 561 g/mol. The van der Waals surface area contributed by atoms with Crippen molar-refractivity contribution in [3.63, 3.8) is 0 Å². The van der Waals surface area contributed by atoms with E-state index in [2.05, 4.69) is 31.0 Å². The predicted octanol–water partition coefficient (Wildman–Crippen LogP) is 6.90. The van der Waals surface area contributed by atoms with Gasteiger partial charge in [-0.25, -0.2) is 4.39 Å². The van der Waals surface area contributed by atoms with Crippen LogP contribution in [0.1, 0.15) is 75.7 Å². The molecule has 1 atom stereocenters. The third-order valence-electron chi connectivity index (χ3n) is 7.69. The van der Waals surface area contributed by atoms with Crippen LogP contribution in [0, 0.1) is 11.7 Å². The first-order valence-electron chi connectivity index (χ1n) is 14.0. The summed E-state index contributed by atoms with van der Waals surface area (Å²) in [6.07, 6.45) is 5.06. The molecule has 1 unspecified atom stereocenters. The Hall–Kier alpha value is -2.48. The number of ketones is 1. The maximum atomic E-state index is 13.9. The molecule has 1 N–H and O–H groups in total. The van der Waals surface area contributed by atoms with Crippen molar-refractivity contribution in [1.29, 1.82) is 0 Å². The molecule has 0 saturated carbocycles. The van der Waals surface area contributed by atoms with Gasteiger partial charge in [0, 0.05) is 36.5 Å². The van der Waals surface area contributed by atoms with E-state index in [1.54, 1.807) is 12.1 Å². The zero-order chi connectivity index (χ0) is 28.4. The molecule has 1 saturated heterocycles. The highest BCUT2D eigenvalue weighted by atomic mass is 35.5. The summed E-state index contributed by atoms with van der Waals surface area (Å²) in [7, 11) is 0. The van der Waals surface area contributed by atoms with E-state index in [0.29, 0.717) is 36.8 Å². The number of nitrogens with one attached hydrogen (secondary N) is 1. The second-order valence-corrected chi connectivity index (χ2v) is 11.0. The lowest BCUT2D eigenvalue weighted by molar-refractivity contribution is -0.122. The first kappa shape index (κ1) is 31.1. The Morgan fingerprint density at radius 2 is 1.87 bits per heavy atom. The molecule has 1 spiro atoms. The van der Waals surface area contributed by atoms with Crippen LogP contribution in [0.15, 0.2) is 36.4 Å². The van der Waals surface area contributed by atoms with E-state index in [1.165, 1.54) is 31.9 Å². The lowest BCUT2D eigenvalue weighted by Gasteiger charge is -2.37. The monoisotopic (exact) mass is 560 g/mol. The lowest BCUT2D eigenvalue weighted by Crippen LogP contribution is -2.47. The number of likely N-dealkylation sites (tertiary alicyclic amines) is 1. The van der Waals surface area contributed by atoms with E-state index in [4.69, 9.17) is 21.1 Å². The number of hydrogen-bond donors (Lipinski definition) is 1. The molecule has 2 heterocycles. The molecule has 1 fully saturated rings. The number of carbonyl (C=O) groups excluding carboxylic acids is 2. The number of hydrogen-bond acceptors (Lipinski definition) is 5. The van der Waals surface area contributed by atoms with Crippen molar-refractivity contribution in [3.8, 4) is 5.75 Å². The number of fused-ring (bicyclic) bond motifs is 2. The molecule has 1 amide bonds. The summed E-state index contributed by atoms with van der Waals surface area (Å²) in [5.74, 6) is 0.401. The molecule has 2 aliphatic rings. The van der Waals surface area contributed by atoms with E-state index in [-0.39, 0.29) is 17.3 Å². The molecular formula is C31H42ClFN2O4. The van der Waals surface area contributed by atoms with Gasteiger partial charge in [-0.1, -0.05) is 38.8 Å². The maximum Gasteiger partial charge on any atom is 0.235 e. The highest BCUT2D eigenvalue weighted by molar-refractivity contribution is 6.31. The van der Waals surface area contributed by atoms with Crippen LogP contribution < -0.4 is 10.1 Å². The third-order valence-corrected chi connectivity index (χ3v) is 7.92. The molecule has 2 aromatic rings. The fourth-order valence-electron chi connectivity index (χ4n) is 4.94. The molecule has 39 heavy (non-hydrogen) atoms.